The lowest BCUT2D eigenvalue weighted by atomic mass is 10.2. The minimum absolute atomic E-state index is 0.813. The van der Waals surface area contributed by atoms with Crippen LogP contribution in [0.5, 0.6) is 0 Å². The molecule has 0 saturated heterocycles. The zero-order chi connectivity index (χ0) is 14.5. The number of aryl methyl sites for hydroxylation is 2. The minimum Gasteiger partial charge on any atom is -0.370 e. The zero-order valence-electron chi connectivity index (χ0n) is 12.0. The molecule has 0 amide bonds. The van der Waals surface area contributed by atoms with Crippen LogP contribution >= 0.6 is 15.9 Å². The summed E-state index contributed by atoms with van der Waals surface area (Å²) >= 11 is 3.51. The molecule has 4 nitrogen and oxygen atoms in total. The molecule has 0 saturated carbocycles. The van der Waals surface area contributed by atoms with Crippen LogP contribution in [0.3, 0.4) is 0 Å². The highest BCUT2D eigenvalue weighted by atomic mass is 79.9. The lowest BCUT2D eigenvalue weighted by Gasteiger charge is -2.11. The molecular formula is C15H19BrN4. The third-order valence-corrected chi connectivity index (χ3v) is 3.77. The van der Waals surface area contributed by atoms with Gasteiger partial charge in [-0.3, -0.25) is 0 Å². The SMILES string of the molecule is CCNc1cc(Nc2ccc(Br)c(C)c2)nc(CC)n1. The number of halogens is 1. The molecule has 2 N–H and O–H groups in total. The summed E-state index contributed by atoms with van der Waals surface area (Å²) in [5.74, 6) is 2.50. The topological polar surface area (TPSA) is 49.8 Å². The van der Waals surface area contributed by atoms with Gasteiger partial charge < -0.3 is 10.6 Å². The third-order valence-electron chi connectivity index (χ3n) is 2.88. The van der Waals surface area contributed by atoms with Gasteiger partial charge in [-0.05, 0) is 37.6 Å². The number of anilines is 3. The molecule has 5 heteroatoms. The minimum atomic E-state index is 0.813. The van der Waals surface area contributed by atoms with Gasteiger partial charge in [0.05, 0.1) is 0 Å². The van der Waals surface area contributed by atoms with E-state index in [0.717, 1.165) is 40.6 Å². The summed E-state index contributed by atoms with van der Waals surface area (Å²) in [5.41, 5.74) is 2.21. The van der Waals surface area contributed by atoms with E-state index in [9.17, 15) is 0 Å². The summed E-state index contributed by atoms with van der Waals surface area (Å²) in [6, 6.07) is 8.08. The van der Waals surface area contributed by atoms with E-state index in [1.54, 1.807) is 0 Å². The lowest BCUT2D eigenvalue weighted by Crippen LogP contribution is -2.05. The van der Waals surface area contributed by atoms with Gasteiger partial charge in [0.15, 0.2) is 0 Å². The van der Waals surface area contributed by atoms with Gasteiger partial charge in [-0.25, -0.2) is 9.97 Å². The van der Waals surface area contributed by atoms with Gasteiger partial charge in [-0.2, -0.15) is 0 Å². The molecule has 0 atom stereocenters. The first-order valence-corrected chi connectivity index (χ1v) is 7.56. The highest BCUT2D eigenvalue weighted by Gasteiger charge is 2.04. The fourth-order valence-corrected chi connectivity index (χ4v) is 2.11. The van der Waals surface area contributed by atoms with E-state index in [0.29, 0.717) is 0 Å². The Labute approximate surface area is 128 Å². The van der Waals surface area contributed by atoms with Gasteiger partial charge in [0.25, 0.3) is 0 Å². The Morgan fingerprint density at radius 1 is 1.10 bits per heavy atom. The second-order valence-corrected chi connectivity index (χ2v) is 5.38. The monoisotopic (exact) mass is 334 g/mol. The van der Waals surface area contributed by atoms with Gasteiger partial charge in [0, 0.05) is 29.2 Å². The van der Waals surface area contributed by atoms with Crippen molar-refractivity contribution < 1.29 is 0 Å². The normalized spacial score (nSPS) is 10.4. The molecule has 1 aromatic carbocycles. The van der Waals surface area contributed by atoms with Gasteiger partial charge >= 0.3 is 0 Å². The van der Waals surface area contributed by atoms with Crippen molar-refractivity contribution in [1.82, 2.24) is 9.97 Å². The average molecular weight is 335 g/mol. The highest BCUT2D eigenvalue weighted by molar-refractivity contribution is 9.10. The van der Waals surface area contributed by atoms with Crippen molar-refractivity contribution in [3.05, 3.63) is 40.1 Å². The molecule has 1 heterocycles. The number of nitrogens with one attached hydrogen (secondary N) is 2. The number of hydrogen-bond acceptors (Lipinski definition) is 4. The Morgan fingerprint density at radius 2 is 1.85 bits per heavy atom. The van der Waals surface area contributed by atoms with Gasteiger partial charge in [0.1, 0.15) is 17.5 Å². The molecule has 0 aliphatic heterocycles. The lowest BCUT2D eigenvalue weighted by molar-refractivity contribution is 0.939. The maximum absolute atomic E-state index is 4.51. The number of rotatable bonds is 5. The second kappa shape index (κ2) is 6.70. The van der Waals surface area contributed by atoms with Crippen LogP contribution in [0.2, 0.25) is 0 Å². The number of hydrogen-bond donors (Lipinski definition) is 2. The van der Waals surface area contributed by atoms with E-state index < -0.39 is 0 Å². The molecule has 2 aromatic rings. The van der Waals surface area contributed by atoms with Crippen molar-refractivity contribution in [3.8, 4) is 0 Å². The Hall–Kier alpha value is -1.62. The maximum atomic E-state index is 4.51. The predicted molar refractivity (Wildman–Crippen MR) is 87.7 cm³/mol. The van der Waals surface area contributed by atoms with Crippen LogP contribution in [0.15, 0.2) is 28.7 Å². The zero-order valence-corrected chi connectivity index (χ0v) is 13.6. The molecule has 0 aliphatic rings. The molecule has 0 aliphatic carbocycles. The van der Waals surface area contributed by atoms with Crippen molar-refractivity contribution in [2.45, 2.75) is 27.2 Å². The summed E-state index contributed by atoms with van der Waals surface area (Å²) in [6.45, 7) is 7.02. The van der Waals surface area contributed by atoms with E-state index in [4.69, 9.17) is 0 Å². The number of nitrogens with zero attached hydrogens (tertiary/aromatic N) is 2. The van der Waals surface area contributed by atoms with Gasteiger partial charge in [-0.15, -0.1) is 0 Å². The van der Waals surface area contributed by atoms with E-state index in [2.05, 4.69) is 63.4 Å². The first-order valence-electron chi connectivity index (χ1n) is 6.77. The number of benzene rings is 1. The largest absolute Gasteiger partial charge is 0.370 e. The fraction of sp³-hybridized carbons (Fsp3) is 0.333. The van der Waals surface area contributed by atoms with Gasteiger partial charge in [-0.1, -0.05) is 22.9 Å². The van der Waals surface area contributed by atoms with Crippen LogP contribution < -0.4 is 10.6 Å². The first kappa shape index (κ1) is 14.8. The van der Waals surface area contributed by atoms with Crippen molar-refractivity contribution in [3.63, 3.8) is 0 Å². The van der Waals surface area contributed by atoms with Crippen LogP contribution in [0.25, 0.3) is 0 Å². The Kier molecular flexibility index (Phi) is 4.95. The number of aromatic nitrogens is 2. The summed E-state index contributed by atoms with van der Waals surface area (Å²) in [5, 5.41) is 6.56. The standard InChI is InChI=1S/C15H19BrN4/c1-4-13-19-14(17-5-2)9-15(20-13)18-11-6-7-12(16)10(3)8-11/h6-9H,4-5H2,1-3H3,(H2,17,18,19,20). The molecule has 0 unspecified atom stereocenters. The molecular weight excluding hydrogens is 316 g/mol. The smallest absolute Gasteiger partial charge is 0.136 e. The molecule has 0 fully saturated rings. The van der Waals surface area contributed by atoms with E-state index >= 15 is 0 Å². The summed E-state index contributed by atoms with van der Waals surface area (Å²) in [4.78, 5) is 8.95. The van der Waals surface area contributed by atoms with E-state index in [-0.39, 0.29) is 0 Å². The first-order chi connectivity index (χ1) is 9.62. The van der Waals surface area contributed by atoms with E-state index in [1.807, 2.05) is 18.2 Å². The molecule has 1 aromatic heterocycles. The average Bonchev–Trinajstić information content (AvgIpc) is 2.43. The molecule has 0 radical (unpaired) electrons. The van der Waals surface area contributed by atoms with Crippen molar-refractivity contribution >= 4 is 33.3 Å². The van der Waals surface area contributed by atoms with Crippen molar-refractivity contribution in [2.24, 2.45) is 0 Å². The predicted octanol–water partition coefficient (Wildman–Crippen LogP) is 4.29. The molecule has 0 spiro atoms. The Bertz CT molecular complexity index is 598. The van der Waals surface area contributed by atoms with Crippen LogP contribution in [-0.4, -0.2) is 16.5 Å². The Balaban J connectivity index is 2.27. The summed E-state index contributed by atoms with van der Waals surface area (Å²) in [7, 11) is 0. The van der Waals surface area contributed by atoms with E-state index in [1.165, 1.54) is 5.56 Å². The summed E-state index contributed by atoms with van der Waals surface area (Å²) < 4.78 is 1.10. The highest BCUT2D eigenvalue weighted by Crippen LogP contribution is 2.23. The van der Waals surface area contributed by atoms with Crippen molar-refractivity contribution in [1.29, 1.82) is 0 Å². The quantitative estimate of drug-likeness (QED) is 0.856. The maximum Gasteiger partial charge on any atom is 0.136 e. The van der Waals surface area contributed by atoms with Crippen molar-refractivity contribution in [2.75, 3.05) is 17.2 Å². The van der Waals surface area contributed by atoms with Crippen LogP contribution in [0.1, 0.15) is 25.2 Å². The molecule has 20 heavy (non-hydrogen) atoms. The van der Waals surface area contributed by atoms with Crippen LogP contribution in [-0.2, 0) is 6.42 Å². The second-order valence-electron chi connectivity index (χ2n) is 4.53. The summed E-state index contributed by atoms with van der Waals surface area (Å²) in [6.07, 6.45) is 0.813. The fourth-order valence-electron chi connectivity index (χ4n) is 1.86. The molecule has 106 valence electrons. The Morgan fingerprint density at radius 3 is 2.50 bits per heavy atom. The van der Waals surface area contributed by atoms with Crippen LogP contribution in [0, 0.1) is 6.92 Å². The molecule has 0 bridgehead atoms. The molecule has 2 rings (SSSR count). The third kappa shape index (κ3) is 3.70. The van der Waals surface area contributed by atoms with Gasteiger partial charge in [0.2, 0.25) is 0 Å². The van der Waals surface area contributed by atoms with Crippen LogP contribution in [0.4, 0.5) is 17.3 Å².